The number of nitrogens with two attached hydrogens (primary N) is 2. The summed E-state index contributed by atoms with van der Waals surface area (Å²) in [6, 6.07) is 6.10. The lowest BCUT2D eigenvalue weighted by atomic mass is 10.1. The number of likely N-dealkylation sites (tertiary alicyclic amines) is 1. The summed E-state index contributed by atoms with van der Waals surface area (Å²) in [6.07, 6.45) is 1.72. The Bertz CT molecular complexity index is 662. The van der Waals surface area contributed by atoms with E-state index in [0.717, 1.165) is 40.5 Å². The standard InChI is InChI=1S/C14H16BrN3OS/c15-9-2-1-3-10-11(9)12(17)13(20-10)14(19)18-6-4-8(16)5-7-18/h1-3,8H,4-7,16-17H2. The highest BCUT2D eigenvalue weighted by Crippen LogP contribution is 2.38. The Morgan fingerprint density at radius 2 is 2.05 bits per heavy atom. The number of nitrogen functional groups attached to an aromatic ring is 1. The van der Waals surface area contributed by atoms with Crippen molar-refractivity contribution in [3.8, 4) is 0 Å². The predicted octanol–water partition coefficient (Wildman–Crippen LogP) is 2.81. The van der Waals surface area contributed by atoms with E-state index < -0.39 is 0 Å². The molecule has 0 aliphatic carbocycles. The molecule has 4 N–H and O–H groups in total. The molecule has 0 unspecified atom stereocenters. The first-order chi connectivity index (χ1) is 9.58. The molecule has 4 nitrogen and oxygen atoms in total. The SMILES string of the molecule is Nc1c(C(=O)N2CCC(N)CC2)sc2cccc(Br)c12. The number of carbonyl (C=O) groups is 1. The van der Waals surface area contributed by atoms with Gasteiger partial charge in [-0.3, -0.25) is 4.79 Å². The molecule has 1 fully saturated rings. The summed E-state index contributed by atoms with van der Waals surface area (Å²) in [7, 11) is 0. The van der Waals surface area contributed by atoms with Crippen molar-refractivity contribution in [3.05, 3.63) is 27.5 Å². The minimum atomic E-state index is 0.0301. The fourth-order valence-corrected chi connectivity index (χ4v) is 4.36. The van der Waals surface area contributed by atoms with Gasteiger partial charge in [-0.25, -0.2) is 0 Å². The fourth-order valence-electron chi connectivity index (χ4n) is 2.53. The van der Waals surface area contributed by atoms with E-state index in [1.165, 1.54) is 11.3 Å². The van der Waals surface area contributed by atoms with Gasteiger partial charge in [0.1, 0.15) is 4.88 Å². The molecule has 0 saturated carbocycles. The van der Waals surface area contributed by atoms with E-state index in [2.05, 4.69) is 15.9 Å². The Balaban J connectivity index is 1.96. The summed E-state index contributed by atoms with van der Waals surface area (Å²) >= 11 is 4.96. The maximum Gasteiger partial charge on any atom is 0.266 e. The molecule has 1 amide bonds. The highest BCUT2D eigenvalue weighted by molar-refractivity contribution is 9.10. The third kappa shape index (κ3) is 2.32. The number of carbonyl (C=O) groups excluding carboxylic acids is 1. The van der Waals surface area contributed by atoms with E-state index in [1.807, 2.05) is 23.1 Å². The molecule has 1 aliphatic rings. The number of rotatable bonds is 1. The monoisotopic (exact) mass is 353 g/mol. The number of hydrogen-bond donors (Lipinski definition) is 2. The third-order valence-electron chi connectivity index (χ3n) is 3.72. The van der Waals surface area contributed by atoms with Crippen molar-refractivity contribution >= 4 is 48.9 Å². The van der Waals surface area contributed by atoms with Crippen molar-refractivity contribution in [2.75, 3.05) is 18.8 Å². The lowest BCUT2D eigenvalue weighted by Gasteiger charge is -2.29. The number of benzene rings is 1. The largest absolute Gasteiger partial charge is 0.397 e. The van der Waals surface area contributed by atoms with Crippen LogP contribution in [0.5, 0.6) is 0 Å². The van der Waals surface area contributed by atoms with Crippen molar-refractivity contribution in [2.24, 2.45) is 5.73 Å². The molecule has 2 aromatic rings. The number of nitrogens with zero attached hydrogens (tertiary/aromatic N) is 1. The summed E-state index contributed by atoms with van der Waals surface area (Å²) in [5, 5.41) is 0.939. The van der Waals surface area contributed by atoms with Gasteiger partial charge in [-0.1, -0.05) is 22.0 Å². The van der Waals surface area contributed by atoms with E-state index in [4.69, 9.17) is 11.5 Å². The average Bonchev–Trinajstić information content (AvgIpc) is 2.77. The van der Waals surface area contributed by atoms with Gasteiger partial charge in [-0.2, -0.15) is 0 Å². The molecule has 0 bridgehead atoms. The zero-order valence-corrected chi connectivity index (χ0v) is 13.3. The van der Waals surface area contributed by atoms with Crippen LogP contribution in [0.3, 0.4) is 0 Å². The van der Waals surface area contributed by atoms with E-state index >= 15 is 0 Å². The second kappa shape index (κ2) is 5.35. The molecule has 20 heavy (non-hydrogen) atoms. The Morgan fingerprint density at radius 3 is 2.70 bits per heavy atom. The quantitative estimate of drug-likeness (QED) is 0.827. The zero-order valence-electron chi connectivity index (χ0n) is 10.9. The summed E-state index contributed by atoms with van der Waals surface area (Å²) in [6.45, 7) is 1.43. The van der Waals surface area contributed by atoms with Crippen LogP contribution < -0.4 is 11.5 Å². The fraction of sp³-hybridized carbons (Fsp3) is 0.357. The molecular formula is C14H16BrN3OS. The molecular weight excluding hydrogens is 338 g/mol. The van der Waals surface area contributed by atoms with E-state index in [9.17, 15) is 4.79 Å². The molecule has 1 aromatic carbocycles. The van der Waals surface area contributed by atoms with Gasteiger partial charge in [0.2, 0.25) is 0 Å². The van der Waals surface area contributed by atoms with Crippen molar-refractivity contribution in [3.63, 3.8) is 0 Å². The van der Waals surface area contributed by atoms with Gasteiger partial charge in [0, 0.05) is 33.7 Å². The molecule has 3 rings (SSSR count). The van der Waals surface area contributed by atoms with E-state index in [-0.39, 0.29) is 11.9 Å². The van der Waals surface area contributed by atoms with Gasteiger partial charge >= 0.3 is 0 Å². The van der Waals surface area contributed by atoms with Gasteiger partial charge in [-0.05, 0) is 25.0 Å². The van der Waals surface area contributed by atoms with Gasteiger partial charge in [0.15, 0.2) is 0 Å². The van der Waals surface area contributed by atoms with Crippen LogP contribution in [0.25, 0.3) is 10.1 Å². The Morgan fingerprint density at radius 1 is 1.35 bits per heavy atom. The first-order valence-corrected chi connectivity index (χ1v) is 8.20. The molecule has 6 heteroatoms. The number of hydrogen-bond acceptors (Lipinski definition) is 4. The lowest BCUT2D eigenvalue weighted by molar-refractivity contribution is 0.0720. The van der Waals surface area contributed by atoms with Gasteiger partial charge in [0.05, 0.1) is 5.69 Å². The number of piperidine rings is 1. The van der Waals surface area contributed by atoms with Crippen LogP contribution in [0, 0.1) is 0 Å². The number of amides is 1. The van der Waals surface area contributed by atoms with Crippen LogP contribution >= 0.6 is 27.3 Å². The van der Waals surface area contributed by atoms with E-state index in [0.29, 0.717) is 10.6 Å². The first-order valence-electron chi connectivity index (χ1n) is 6.59. The minimum absolute atomic E-state index is 0.0301. The molecule has 1 saturated heterocycles. The van der Waals surface area contributed by atoms with Crippen LogP contribution in [0.15, 0.2) is 22.7 Å². The van der Waals surface area contributed by atoms with Crippen LogP contribution in [0.1, 0.15) is 22.5 Å². The van der Waals surface area contributed by atoms with Gasteiger partial charge in [0.25, 0.3) is 5.91 Å². The number of halogens is 1. The third-order valence-corrected chi connectivity index (χ3v) is 5.54. The van der Waals surface area contributed by atoms with Crippen molar-refractivity contribution in [2.45, 2.75) is 18.9 Å². The maximum atomic E-state index is 12.6. The van der Waals surface area contributed by atoms with Crippen molar-refractivity contribution in [1.82, 2.24) is 4.90 Å². The van der Waals surface area contributed by atoms with Crippen LogP contribution in [-0.2, 0) is 0 Å². The summed E-state index contributed by atoms with van der Waals surface area (Å²) in [5.41, 5.74) is 12.6. The second-order valence-electron chi connectivity index (χ2n) is 5.09. The topological polar surface area (TPSA) is 72.4 Å². The Hall–Kier alpha value is -1.11. The van der Waals surface area contributed by atoms with E-state index in [1.54, 1.807) is 0 Å². The summed E-state index contributed by atoms with van der Waals surface area (Å²) in [4.78, 5) is 15.1. The van der Waals surface area contributed by atoms with Crippen LogP contribution in [0.2, 0.25) is 0 Å². The van der Waals surface area contributed by atoms with Crippen molar-refractivity contribution < 1.29 is 4.79 Å². The second-order valence-corrected chi connectivity index (χ2v) is 6.99. The summed E-state index contributed by atoms with van der Waals surface area (Å²) < 4.78 is 1.97. The maximum absolute atomic E-state index is 12.6. The molecule has 1 aromatic heterocycles. The minimum Gasteiger partial charge on any atom is -0.397 e. The summed E-state index contributed by atoms with van der Waals surface area (Å²) in [5.74, 6) is 0.0301. The normalized spacial score (nSPS) is 16.8. The molecule has 1 aliphatic heterocycles. The van der Waals surface area contributed by atoms with Gasteiger partial charge < -0.3 is 16.4 Å². The molecule has 2 heterocycles. The van der Waals surface area contributed by atoms with Crippen LogP contribution in [0.4, 0.5) is 5.69 Å². The molecule has 0 spiro atoms. The smallest absolute Gasteiger partial charge is 0.266 e. The molecule has 0 radical (unpaired) electrons. The first kappa shape index (κ1) is 13.9. The van der Waals surface area contributed by atoms with Gasteiger partial charge in [-0.15, -0.1) is 11.3 Å². The molecule has 106 valence electrons. The average molecular weight is 354 g/mol. The lowest BCUT2D eigenvalue weighted by Crippen LogP contribution is -2.42. The Kier molecular flexibility index (Phi) is 3.70. The molecule has 0 atom stereocenters. The highest BCUT2D eigenvalue weighted by Gasteiger charge is 2.25. The number of fused-ring (bicyclic) bond motifs is 1. The predicted molar refractivity (Wildman–Crippen MR) is 87.1 cm³/mol. The van der Waals surface area contributed by atoms with Crippen LogP contribution in [-0.4, -0.2) is 29.9 Å². The van der Waals surface area contributed by atoms with Crippen molar-refractivity contribution in [1.29, 1.82) is 0 Å². The zero-order chi connectivity index (χ0) is 14.3. The number of anilines is 1. The number of thiophene rings is 1. The highest BCUT2D eigenvalue weighted by atomic mass is 79.9. The Labute approximate surface area is 129 Å².